The third kappa shape index (κ3) is 5.25. The predicted molar refractivity (Wildman–Crippen MR) is 118 cm³/mol. The standard InChI is InChI=1S/C21H30N6O4/c1-13-25-26-19-18(22-9-7-8-10-23-20(28)31-21(2,3)4)24-14-11-16(29-5)17(30-6)12-15(14)27(13)19/h11-12H,7-10H2,1-6H3,(H,22,24)(H,23,28). The molecule has 1 aromatic carbocycles. The maximum atomic E-state index is 11.7. The summed E-state index contributed by atoms with van der Waals surface area (Å²) in [7, 11) is 3.19. The van der Waals surface area contributed by atoms with Gasteiger partial charge in [0.05, 0.1) is 25.3 Å². The van der Waals surface area contributed by atoms with Gasteiger partial charge in [0.25, 0.3) is 0 Å². The Bertz CT molecular complexity index is 1070. The molecular weight excluding hydrogens is 400 g/mol. The molecule has 2 heterocycles. The van der Waals surface area contributed by atoms with Gasteiger partial charge in [-0.3, -0.25) is 4.40 Å². The number of carbonyl (C=O) groups is 1. The molecule has 31 heavy (non-hydrogen) atoms. The summed E-state index contributed by atoms with van der Waals surface area (Å²) in [6.07, 6.45) is 1.23. The zero-order valence-electron chi connectivity index (χ0n) is 18.9. The molecule has 0 aliphatic carbocycles. The molecule has 3 rings (SSSR count). The number of methoxy groups -OCH3 is 2. The van der Waals surface area contributed by atoms with Gasteiger partial charge in [-0.2, -0.15) is 0 Å². The number of nitrogens with zero attached hydrogens (tertiary/aromatic N) is 4. The van der Waals surface area contributed by atoms with E-state index in [1.807, 2.05) is 44.2 Å². The molecule has 0 aliphatic heterocycles. The first kappa shape index (κ1) is 22.4. The maximum Gasteiger partial charge on any atom is 0.407 e. The minimum atomic E-state index is -0.498. The molecule has 3 aromatic rings. The largest absolute Gasteiger partial charge is 0.493 e. The number of hydrogen-bond acceptors (Lipinski definition) is 8. The summed E-state index contributed by atoms with van der Waals surface area (Å²) in [6.45, 7) is 8.62. The molecule has 0 fully saturated rings. The van der Waals surface area contributed by atoms with Crippen molar-refractivity contribution in [1.82, 2.24) is 24.9 Å². The third-order valence-electron chi connectivity index (χ3n) is 4.55. The van der Waals surface area contributed by atoms with Gasteiger partial charge in [-0.25, -0.2) is 9.78 Å². The number of amides is 1. The predicted octanol–water partition coefficient (Wildman–Crippen LogP) is 3.32. The Balaban J connectivity index is 1.69. The number of rotatable bonds is 8. The van der Waals surface area contributed by atoms with E-state index in [9.17, 15) is 4.79 Å². The highest BCUT2D eigenvalue weighted by Gasteiger charge is 2.17. The number of alkyl carbamates (subject to hydrolysis) is 1. The van der Waals surface area contributed by atoms with E-state index in [1.54, 1.807) is 14.2 Å². The molecule has 168 valence electrons. The Morgan fingerprint density at radius 2 is 1.74 bits per heavy atom. The molecule has 2 aromatic heterocycles. The van der Waals surface area contributed by atoms with Gasteiger partial charge in [0.15, 0.2) is 17.3 Å². The van der Waals surface area contributed by atoms with E-state index >= 15 is 0 Å². The summed E-state index contributed by atoms with van der Waals surface area (Å²) in [6, 6.07) is 3.71. The molecule has 0 bridgehead atoms. The summed E-state index contributed by atoms with van der Waals surface area (Å²) < 4.78 is 18.0. The fourth-order valence-electron chi connectivity index (χ4n) is 3.18. The second-order valence-electron chi connectivity index (χ2n) is 8.13. The highest BCUT2D eigenvalue weighted by atomic mass is 16.6. The van der Waals surface area contributed by atoms with Crippen LogP contribution in [0.5, 0.6) is 11.5 Å². The monoisotopic (exact) mass is 430 g/mol. The van der Waals surface area contributed by atoms with Gasteiger partial charge in [-0.1, -0.05) is 0 Å². The molecule has 1 amide bonds. The molecule has 10 heteroatoms. The van der Waals surface area contributed by atoms with Gasteiger partial charge in [-0.15, -0.1) is 10.2 Å². The fourth-order valence-corrected chi connectivity index (χ4v) is 3.18. The summed E-state index contributed by atoms with van der Waals surface area (Å²) >= 11 is 0. The number of benzene rings is 1. The van der Waals surface area contributed by atoms with Crippen molar-refractivity contribution < 1.29 is 19.0 Å². The quantitative estimate of drug-likeness (QED) is 0.524. The van der Waals surface area contributed by atoms with E-state index in [4.69, 9.17) is 19.2 Å². The van der Waals surface area contributed by atoms with E-state index in [2.05, 4.69) is 20.8 Å². The molecule has 0 unspecified atom stereocenters. The summed E-state index contributed by atoms with van der Waals surface area (Å²) in [5.41, 5.74) is 1.72. The smallest absolute Gasteiger partial charge is 0.407 e. The number of aryl methyl sites for hydroxylation is 1. The number of unbranched alkanes of at least 4 members (excludes halogenated alkanes) is 1. The number of carbonyl (C=O) groups excluding carboxylic acids is 1. The van der Waals surface area contributed by atoms with E-state index < -0.39 is 11.7 Å². The van der Waals surface area contributed by atoms with E-state index in [0.29, 0.717) is 36.1 Å². The summed E-state index contributed by atoms with van der Waals surface area (Å²) in [4.78, 5) is 16.4. The van der Waals surface area contributed by atoms with Crippen molar-refractivity contribution in [2.45, 2.75) is 46.1 Å². The van der Waals surface area contributed by atoms with Gasteiger partial charge < -0.3 is 24.8 Å². The van der Waals surface area contributed by atoms with Crippen LogP contribution in [0.2, 0.25) is 0 Å². The van der Waals surface area contributed by atoms with Crippen LogP contribution in [0.25, 0.3) is 16.7 Å². The number of nitrogens with one attached hydrogen (secondary N) is 2. The highest BCUT2D eigenvalue weighted by molar-refractivity contribution is 5.85. The molecule has 0 saturated carbocycles. The van der Waals surface area contributed by atoms with Crippen LogP contribution >= 0.6 is 0 Å². The molecule has 2 N–H and O–H groups in total. The SMILES string of the molecule is COc1cc2nc(NCCCCNC(=O)OC(C)(C)C)c3nnc(C)n3c2cc1OC. The van der Waals surface area contributed by atoms with Crippen molar-refractivity contribution in [2.75, 3.05) is 32.6 Å². The van der Waals surface area contributed by atoms with Gasteiger partial charge in [0.2, 0.25) is 5.65 Å². The average molecular weight is 431 g/mol. The van der Waals surface area contributed by atoms with Crippen LogP contribution in [-0.4, -0.2) is 58.6 Å². The molecule has 0 aliphatic rings. The van der Waals surface area contributed by atoms with Crippen molar-refractivity contribution in [3.63, 3.8) is 0 Å². The lowest BCUT2D eigenvalue weighted by Gasteiger charge is -2.19. The van der Waals surface area contributed by atoms with E-state index in [-0.39, 0.29) is 0 Å². The van der Waals surface area contributed by atoms with Crippen molar-refractivity contribution in [3.8, 4) is 11.5 Å². The van der Waals surface area contributed by atoms with E-state index in [1.165, 1.54) is 0 Å². The van der Waals surface area contributed by atoms with Gasteiger partial charge in [-0.05, 0) is 40.5 Å². The molecular formula is C21H30N6O4. The third-order valence-corrected chi connectivity index (χ3v) is 4.55. The van der Waals surface area contributed by atoms with E-state index in [0.717, 1.165) is 29.7 Å². The Kier molecular flexibility index (Phi) is 6.67. The van der Waals surface area contributed by atoms with Crippen LogP contribution in [0.3, 0.4) is 0 Å². The summed E-state index contributed by atoms with van der Waals surface area (Å²) in [5, 5.41) is 14.6. The minimum Gasteiger partial charge on any atom is -0.493 e. The molecule has 0 atom stereocenters. The first-order valence-electron chi connectivity index (χ1n) is 10.2. The molecule has 0 saturated heterocycles. The van der Waals surface area contributed by atoms with Crippen LogP contribution in [0.1, 0.15) is 39.4 Å². The van der Waals surface area contributed by atoms with Crippen molar-refractivity contribution >= 4 is 28.6 Å². The fraction of sp³-hybridized carbons (Fsp3) is 0.524. The zero-order chi connectivity index (χ0) is 22.6. The lowest BCUT2D eigenvalue weighted by molar-refractivity contribution is 0.0527. The van der Waals surface area contributed by atoms with Gasteiger partial charge in [0, 0.05) is 25.2 Å². The highest BCUT2D eigenvalue weighted by Crippen LogP contribution is 2.33. The maximum absolute atomic E-state index is 11.7. The van der Waals surface area contributed by atoms with Crippen molar-refractivity contribution in [1.29, 1.82) is 0 Å². The number of ether oxygens (including phenoxy) is 3. The number of fused-ring (bicyclic) bond motifs is 3. The molecule has 0 spiro atoms. The van der Waals surface area contributed by atoms with Crippen molar-refractivity contribution in [3.05, 3.63) is 18.0 Å². The normalized spacial score (nSPS) is 11.5. The Morgan fingerprint density at radius 1 is 1.06 bits per heavy atom. The Hall–Kier alpha value is -3.30. The lowest BCUT2D eigenvalue weighted by atomic mass is 10.2. The first-order chi connectivity index (χ1) is 14.7. The second-order valence-corrected chi connectivity index (χ2v) is 8.13. The first-order valence-corrected chi connectivity index (χ1v) is 10.2. The zero-order valence-corrected chi connectivity index (χ0v) is 18.9. The van der Waals surface area contributed by atoms with Gasteiger partial charge in [0.1, 0.15) is 11.4 Å². The van der Waals surface area contributed by atoms with Gasteiger partial charge >= 0.3 is 6.09 Å². The second kappa shape index (κ2) is 9.23. The van der Waals surface area contributed by atoms with Crippen LogP contribution in [0.15, 0.2) is 12.1 Å². The Labute approximate surface area is 181 Å². The number of aromatic nitrogens is 4. The number of hydrogen-bond donors (Lipinski definition) is 2. The Morgan fingerprint density at radius 3 is 2.42 bits per heavy atom. The van der Waals surface area contributed by atoms with Crippen LogP contribution in [0.4, 0.5) is 10.6 Å². The number of anilines is 1. The summed E-state index contributed by atoms with van der Waals surface area (Å²) in [5.74, 6) is 2.61. The topological polar surface area (TPSA) is 112 Å². The minimum absolute atomic E-state index is 0.401. The molecule has 10 nitrogen and oxygen atoms in total. The van der Waals surface area contributed by atoms with Crippen molar-refractivity contribution in [2.24, 2.45) is 0 Å². The molecule has 0 radical (unpaired) electrons. The van der Waals surface area contributed by atoms with Crippen LogP contribution in [-0.2, 0) is 4.74 Å². The average Bonchev–Trinajstić information content (AvgIpc) is 3.10. The van der Waals surface area contributed by atoms with Crippen LogP contribution in [0, 0.1) is 6.92 Å². The lowest BCUT2D eigenvalue weighted by Crippen LogP contribution is -2.33. The van der Waals surface area contributed by atoms with Crippen LogP contribution < -0.4 is 20.1 Å².